The summed E-state index contributed by atoms with van der Waals surface area (Å²) in [7, 11) is 1.64. The van der Waals surface area contributed by atoms with Crippen molar-refractivity contribution >= 4 is 17.5 Å². The number of amides is 2. The van der Waals surface area contributed by atoms with Crippen LogP contribution in [0.2, 0.25) is 0 Å². The van der Waals surface area contributed by atoms with Gasteiger partial charge in [-0.25, -0.2) is 5.48 Å². The number of benzene rings is 1. The van der Waals surface area contributed by atoms with Crippen molar-refractivity contribution in [1.82, 2.24) is 5.48 Å². The molecule has 7 nitrogen and oxygen atoms in total. The van der Waals surface area contributed by atoms with Crippen LogP contribution in [0.4, 0.5) is 5.69 Å². The molecule has 0 fully saturated rings. The summed E-state index contributed by atoms with van der Waals surface area (Å²) < 4.78 is 5.49. The first-order chi connectivity index (χ1) is 10.3. The number of fused-ring (bicyclic) bond motifs is 1. The third-order valence-corrected chi connectivity index (χ3v) is 3.12. The molecule has 0 atom stereocenters. The second-order valence-corrected chi connectivity index (χ2v) is 5.77. The molecule has 1 aromatic rings. The lowest BCUT2D eigenvalue weighted by atomic mass is 10.1. The fraction of sp³-hybridized carbons (Fsp3) is 0.467. The molecule has 0 aliphatic carbocycles. The molecule has 0 aromatic heterocycles. The summed E-state index contributed by atoms with van der Waals surface area (Å²) in [6.45, 7) is 3.42. The van der Waals surface area contributed by atoms with Gasteiger partial charge >= 0.3 is 0 Å². The Labute approximate surface area is 128 Å². The van der Waals surface area contributed by atoms with E-state index < -0.39 is 11.5 Å². The maximum absolute atomic E-state index is 12.0. The maximum Gasteiger partial charge on any atom is 0.274 e. The van der Waals surface area contributed by atoms with E-state index in [-0.39, 0.29) is 12.5 Å². The highest BCUT2D eigenvalue weighted by Gasteiger charge is 2.21. The summed E-state index contributed by atoms with van der Waals surface area (Å²) in [5.74, 6) is 0.0223. The van der Waals surface area contributed by atoms with Crippen LogP contribution < -0.4 is 15.1 Å². The van der Waals surface area contributed by atoms with Gasteiger partial charge in [0.1, 0.15) is 12.4 Å². The smallest absolute Gasteiger partial charge is 0.274 e. The minimum atomic E-state index is -1.04. The third kappa shape index (κ3) is 3.96. The van der Waals surface area contributed by atoms with Gasteiger partial charge in [0.25, 0.3) is 5.91 Å². The molecular weight excluding hydrogens is 288 g/mol. The molecule has 2 N–H and O–H groups in total. The minimum Gasteiger partial charge on any atom is -0.491 e. The zero-order chi connectivity index (χ0) is 16.3. The van der Waals surface area contributed by atoms with Crippen LogP contribution >= 0.6 is 0 Å². The van der Waals surface area contributed by atoms with Gasteiger partial charge in [-0.15, -0.1) is 0 Å². The molecule has 1 aliphatic rings. The van der Waals surface area contributed by atoms with Crippen molar-refractivity contribution < 1.29 is 24.3 Å². The molecule has 2 amide bonds. The van der Waals surface area contributed by atoms with Crippen LogP contribution in [0.5, 0.6) is 5.75 Å². The highest BCUT2D eigenvalue weighted by atomic mass is 16.7. The number of ether oxygens (including phenoxy) is 1. The van der Waals surface area contributed by atoms with Gasteiger partial charge in [0.05, 0.1) is 24.3 Å². The molecule has 0 saturated heterocycles. The normalized spacial score (nSPS) is 14.9. The molecule has 1 aromatic carbocycles. The van der Waals surface area contributed by atoms with Crippen LogP contribution in [0.25, 0.3) is 0 Å². The largest absolute Gasteiger partial charge is 0.491 e. The van der Waals surface area contributed by atoms with Crippen LogP contribution in [0.1, 0.15) is 30.6 Å². The maximum atomic E-state index is 12.0. The lowest BCUT2D eigenvalue weighted by Gasteiger charge is -2.18. The molecule has 1 aliphatic heterocycles. The van der Waals surface area contributed by atoms with E-state index in [9.17, 15) is 14.7 Å². The van der Waals surface area contributed by atoms with E-state index in [1.165, 1.54) is 4.90 Å². The second kappa shape index (κ2) is 6.33. The monoisotopic (exact) mass is 308 g/mol. The SMILES string of the molecule is CN1C(=O)CCOc2ccc(C(=O)NOCC(C)(C)O)cc21. The molecule has 22 heavy (non-hydrogen) atoms. The number of hydrogen-bond donors (Lipinski definition) is 2. The van der Waals surface area contributed by atoms with Gasteiger partial charge in [-0.2, -0.15) is 0 Å². The van der Waals surface area contributed by atoms with Gasteiger partial charge in [0.15, 0.2) is 0 Å². The molecular formula is C15H20N2O5. The molecule has 2 rings (SSSR count). The van der Waals surface area contributed by atoms with E-state index in [0.29, 0.717) is 30.0 Å². The number of aliphatic hydroxyl groups is 1. The number of anilines is 1. The summed E-state index contributed by atoms with van der Waals surface area (Å²) >= 11 is 0. The minimum absolute atomic E-state index is 0.0365. The predicted octanol–water partition coefficient (Wildman–Crippen LogP) is 0.864. The predicted molar refractivity (Wildman–Crippen MR) is 79.7 cm³/mol. The first-order valence-electron chi connectivity index (χ1n) is 6.96. The quantitative estimate of drug-likeness (QED) is 0.806. The number of nitrogens with zero attached hydrogens (tertiary/aromatic N) is 1. The van der Waals surface area contributed by atoms with Crippen LogP contribution in [0.3, 0.4) is 0 Å². The second-order valence-electron chi connectivity index (χ2n) is 5.77. The van der Waals surface area contributed by atoms with Gasteiger partial charge in [0, 0.05) is 12.6 Å². The van der Waals surface area contributed by atoms with Gasteiger partial charge in [0.2, 0.25) is 5.91 Å². The summed E-state index contributed by atoms with van der Waals surface area (Å²) in [6.07, 6.45) is 0.293. The molecule has 120 valence electrons. The van der Waals surface area contributed by atoms with E-state index in [2.05, 4.69) is 5.48 Å². The molecule has 0 saturated carbocycles. The first kappa shape index (κ1) is 16.3. The Morgan fingerprint density at radius 1 is 1.50 bits per heavy atom. The standard InChI is InChI=1S/C15H20N2O5/c1-15(2,20)9-22-16-14(19)10-4-5-12-11(8-10)17(3)13(18)6-7-21-12/h4-5,8,20H,6-7,9H2,1-3H3,(H,16,19). The van der Waals surface area contributed by atoms with E-state index in [4.69, 9.17) is 9.57 Å². The molecule has 0 unspecified atom stereocenters. The molecule has 0 radical (unpaired) electrons. The van der Waals surface area contributed by atoms with Crippen molar-refractivity contribution in [1.29, 1.82) is 0 Å². The molecule has 0 spiro atoms. The summed E-state index contributed by atoms with van der Waals surface area (Å²) in [5.41, 5.74) is 2.09. The molecule has 7 heteroatoms. The lowest BCUT2D eigenvalue weighted by molar-refractivity contribution is -0.118. The van der Waals surface area contributed by atoms with Crippen molar-refractivity contribution in [3.05, 3.63) is 23.8 Å². The van der Waals surface area contributed by atoms with Crippen LogP contribution in [0, 0.1) is 0 Å². The number of carbonyl (C=O) groups is 2. The Bertz CT molecular complexity index is 580. The zero-order valence-corrected chi connectivity index (χ0v) is 12.9. The van der Waals surface area contributed by atoms with Crippen molar-refractivity contribution in [3.63, 3.8) is 0 Å². The Balaban J connectivity index is 2.11. The number of nitrogens with one attached hydrogen (secondary N) is 1. The van der Waals surface area contributed by atoms with Crippen LogP contribution in [-0.4, -0.2) is 42.8 Å². The van der Waals surface area contributed by atoms with Crippen LogP contribution in [0.15, 0.2) is 18.2 Å². The number of hydroxylamine groups is 1. The number of carbonyl (C=O) groups excluding carboxylic acids is 2. The van der Waals surface area contributed by atoms with Crippen molar-refractivity contribution in [2.24, 2.45) is 0 Å². The Morgan fingerprint density at radius 2 is 2.23 bits per heavy atom. The highest BCUT2D eigenvalue weighted by molar-refractivity contribution is 5.99. The van der Waals surface area contributed by atoms with E-state index in [1.807, 2.05) is 0 Å². The van der Waals surface area contributed by atoms with Gasteiger partial charge in [-0.3, -0.25) is 14.4 Å². The number of hydrogen-bond acceptors (Lipinski definition) is 5. The van der Waals surface area contributed by atoms with Gasteiger partial charge in [-0.1, -0.05) is 0 Å². The topological polar surface area (TPSA) is 88.1 Å². The average Bonchev–Trinajstić information content (AvgIpc) is 2.57. The number of rotatable bonds is 4. The summed E-state index contributed by atoms with van der Waals surface area (Å²) in [4.78, 5) is 30.3. The Hall–Kier alpha value is -2.12. The Kier molecular flexibility index (Phi) is 4.68. The van der Waals surface area contributed by atoms with Crippen LogP contribution in [-0.2, 0) is 9.63 Å². The molecule has 0 bridgehead atoms. The third-order valence-electron chi connectivity index (χ3n) is 3.12. The summed E-state index contributed by atoms with van der Waals surface area (Å²) in [6, 6.07) is 4.81. The highest BCUT2D eigenvalue weighted by Crippen LogP contribution is 2.31. The van der Waals surface area contributed by atoms with E-state index >= 15 is 0 Å². The lowest BCUT2D eigenvalue weighted by Crippen LogP contribution is -2.33. The first-order valence-corrected chi connectivity index (χ1v) is 6.96. The van der Waals surface area contributed by atoms with Crippen molar-refractivity contribution in [2.75, 3.05) is 25.2 Å². The zero-order valence-electron chi connectivity index (χ0n) is 12.9. The van der Waals surface area contributed by atoms with E-state index in [1.54, 1.807) is 39.1 Å². The van der Waals surface area contributed by atoms with Gasteiger partial charge in [-0.05, 0) is 32.0 Å². The average molecular weight is 308 g/mol. The van der Waals surface area contributed by atoms with Crippen molar-refractivity contribution in [3.8, 4) is 5.75 Å². The Morgan fingerprint density at radius 3 is 2.91 bits per heavy atom. The fourth-order valence-corrected chi connectivity index (χ4v) is 1.93. The van der Waals surface area contributed by atoms with Crippen molar-refractivity contribution in [2.45, 2.75) is 25.9 Å². The van der Waals surface area contributed by atoms with Gasteiger partial charge < -0.3 is 14.7 Å². The molecule has 1 heterocycles. The van der Waals surface area contributed by atoms with E-state index in [0.717, 1.165) is 0 Å². The summed E-state index contributed by atoms with van der Waals surface area (Å²) in [5, 5.41) is 9.52. The fourth-order valence-electron chi connectivity index (χ4n) is 1.93.